The van der Waals surface area contributed by atoms with E-state index in [4.69, 9.17) is 4.74 Å². The molecule has 8 heteroatoms. The monoisotopic (exact) mass is 346 g/mol. The predicted molar refractivity (Wildman–Crippen MR) is 74.4 cm³/mol. The van der Waals surface area contributed by atoms with Gasteiger partial charge in [-0.05, 0) is 36.7 Å². The van der Waals surface area contributed by atoms with Crippen LogP contribution in [0.15, 0.2) is 20.3 Å². The smallest absolute Gasteiger partial charge is 0.328 e. The van der Waals surface area contributed by atoms with Crippen molar-refractivity contribution in [2.75, 3.05) is 6.61 Å². The van der Waals surface area contributed by atoms with Crippen molar-refractivity contribution in [3.05, 3.63) is 31.5 Å². The third-order valence-corrected chi connectivity index (χ3v) is 3.33. The number of hydrogen-bond acceptors (Lipinski definition) is 5. The zero-order chi connectivity index (χ0) is 15.5. The van der Waals surface area contributed by atoms with Gasteiger partial charge in [0, 0.05) is 6.20 Å². The fraction of sp³-hybridized carbons (Fsp3) is 0.500. The summed E-state index contributed by atoms with van der Waals surface area (Å²) in [5.41, 5.74) is -2.66. The van der Waals surface area contributed by atoms with Gasteiger partial charge in [0.25, 0.3) is 5.56 Å². The molecule has 7 nitrogen and oxygen atoms in total. The first-order chi connectivity index (χ1) is 9.20. The van der Waals surface area contributed by atoms with Crippen molar-refractivity contribution in [3.63, 3.8) is 0 Å². The molecule has 1 heterocycles. The van der Waals surface area contributed by atoms with Crippen LogP contribution in [-0.4, -0.2) is 27.9 Å². The Hall–Kier alpha value is -1.70. The van der Waals surface area contributed by atoms with Crippen molar-refractivity contribution in [2.24, 2.45) is 5.41 Å². The fourth-order valence-electron chi connectivity index (χ4n) is 1.38. The highest BCUT2D eigenvalue weighted by molar-refractivity contribution is 9.10. The van der Waals surface area contributed by atoms with E-state index in [0.29, 0.717) is 0 Å². The van der Waals surface area contributed by atoms with Crippen LogP contribution < -0.4 is 11.2 Å². The number of nitrogens with one attached hydrogen (secondary N) is 1. The van der Waals surface area contributed by atoms with E-state index >= 15 is 0 Å². The summed E-state index contributed by atoms with van der Waals surface area (Å²) in [5, 5.41) is 0. The van der Waals surface area contributed by atoms with E-state index in [-0.39, 0.29) is 17.6 Å². The van der Waals surface area contributed by atoms with Gasteiger partial charge in [0.2, 0.25) is 0 Å². The molecule has 0 spiro atoms. The first kappa shape index (κ1) is 16.4. The molecule has 0 atom stereocenters. The number of hydrogen-bond donors (Lipinski definition) is 1. The second kappa shape index (κ2) is 6.17. The third-order valence-electron chi connectivity index (χ3n) is 2.76. The van der Waals surface area contributed by atoms with Gasteiger partial charge >= 0.3 is 11.7 Å². The molecule has 0 aliphatic rings. The molecule has 110 valence electrons. The Morgan fingerprint density at radius 3 is 2.55 bits per heavy atom. The highest BCUT2D eigenvalue weighted by Gasteiger charge is 2.37. The number of carbonyl (C=O) groups excluding carboxylic acids is 2. The summed E-state index contributed by atoms with van der Waals surface area (Å²) in [6.45, 7) is 4.33. The van der Waals surface area contributed by atoms with Crippen molar-refractivity contribution >= 4 is 27.7 Å². The van der Waals surface area contributed by atoms with E-state index in [1.165, 1.54) is 20.0 Å². The normalized spacial score (nSPS) is 11.2. The molecule has 1 rings (SSSR count). The molecule has 1 aromatic heterocycles. The summed E-state index contributed by atoms with van der Waals surface area (Å²) in [6, 6.07) is 0. The van der Waals surface area contributed by atoms with E-state index < -0.39 is 28.4 Å². The van der Waals surface area contributed by atoms with Crippen molar-refractivity contribution in [1.29, 1.82) is 0 Å². The average Bonchev–Trinajstić information content (AvgIpc) is 2.36. The Morgan fingerprint density at radius 1 is 1.40 bits per heavy atom. The summed E-state index contributed by atoms with van der Waals surface area (Å²) in [5.74, 6) is -1.14. The second-order valence-electron chi connectivity index (χ2n) is 4.63. The number of aromatic nitrogens is 2. The number of aromatic amines is 1. The number of nitrogens with zero attached hydrogens (tertiary/aromatic N) is 1. The van der Waals surface area contributed by atoms with Crippen molar-refractivity contribution in [2.45, 2.75) is 27.3 Å². The van der Waals surface area contributed by atoms with E-state index in [9.17, 15) is 19.2 Å². The van der Waals surface area contributed by atoms with Crippen LogP contribution in [0.4, 0.5) is 0 Å². The Labute approximate surface area is 123 Å². The number of carbonyl (C=O) groups is 2. The minimum absolute atomic E-state index is 0.124. The third kappa shape index (κ3) is 3.44. The maximum absolute atomic E-state index is 12.1. The minimum atomic E-state index is -1.36. The molecular formula is C12H15BrN2O5. The molecule has 20 heavy (non-hydrogen) atoms. The maximum Gasteiger partial charge on any atom is 0.328 e. The SMILES string of the molecule is CCOC(=O)C(C)(C)C(=O)Cn1cc(Br)c(=O)[nH]c1=O. The van der Waals surface area contributed by atoms with E-state index in [2.05, 4.69) is 20.9 Å². The molecule has 0 aliphatic carbocycles. The van der Waals surface area contributed by atoms with Crippen molar-refractivity contribution < 1.29 is 14.3 Å². The lowest BCUT2D eigenvalue weighted by Gasteiger charge is -2.21. The number of ether oxygens (including phenoxy) is 1. The van der Waals surface area contributed by atoms with Crippen molar-refractivity contribution in [1.82, 2.24) is 9.55 Å². The van der Waals surface area contributed by atoms with Gasteiger partial charge in [-0.15, -0.1) is 0 Å². The van der Waals surface area contributed by atoms with E-state index in [1.54, 1.807) is 6.92 Å². The molecule has 1 N–H and O–H groups in total. The second-order valence-corrected chi connectivity index (χ2v) is 5.49. The van der Waals surface area contributed by atoms with Gasteiger partial charge in [-0.1, -0.05) is 0 Å². The Kier molecular flexibility index (Phi) is 5.04. The summed E-state index contributed by atoms with van der Waals surface area (Å²) in [4.78, 5) is 48.7. The van der Waals surface area contributed by atoms with Gasteiger partial charge in [0.15, 0.2) is 5.78 Å². The van der Waals surface area contributed by atoms with Crippen LogP contribution in [0.3, 0.4) is 0 Å². The zero-order valence-corrected chi connectivity index (χ0v) is 12.9. The van der Waals surface area contributed by atoms with Crippen LogP contribution in [0.1, 0.15) is 20.8 Å². The lowest BCUT2D eigenvalue weighted by molar-refractivity contribution is -0.158. The Morgan fingerprint density at radius 2 is 2.00 bits per heavy atom. The molecule has 0 amide bonds. The standard InChI is InChI=1S/C12H15BrN2O5/c1-4-20-10(18)12(2,3)8(16)6-15-5-7(13)9(17)14-11(15)19/h5H,4,6H2,1-3H3,(H,14,17,19). The van der Waals surface area contributed by atoms with E-state index in [0.717, 1.165) is 4.57 Å². The lowest BCUT2D eigenvalue weighted by Crippen LogP contribution is -2.40. The number of H-pyrrole nitrogens is 1. The van der Waals surface area contributed by atoms with Gasteiger partial charge in [0.1, 0.15) is 5.41 Å². The molecule has 0 saturated heterocycles. The fourth-order valence-corrected chi connectivity index (χ4v) is 1.72. The molecule has 0 radical (unpaired) electrons. The lowest BCUT2D eigenvalue weighted by atomic mass is 9.88. The molecular weight excluding hydrogens is 332 g/mol. The van der Waals surface area contributed by atoms with Gasteiger partial charge in [0.05, 0.1) is 17.6 Å². The van der Waals surface area contributed by atoms with Crippen LogP contribution in [-0.2, 0) is 20.9 Å². The summed E-state index contributed by atoms with van der Waals surface area (Å²) in [7, 11) is 0. The van der Waals surface area contributed by atoms with Crippen LogP contribution in [0.5, 0.6) is 0 Å². The topological polar surface area (TPSA) is 98.2 Å². The number of ketones is 1. The van der Waals surface area contributed by atoms with Gasteiger partial charge in [-0.2, -0.15) is 0 Å². The quantitative estimate of drug-likeness (QED) is 0.616. The number of Topliss-reactive ketones (excluding diaryl/α,β-unsaturated/α-hetero) is 1. The molecule has 0 aliphatic heterocycles. The van der Waals surface area contributed by atoms with Crippen molar-refractivity contribution in [3.8, 4) is 0 Å². The summed E-state index contributed by atoms with van der Waals surface area (Å²) >= 11 is 2.97. The van der Waals surface area contributed by atoms with E-state index in [1.807, 2.05) is 0 Å². The van der Waals surface area contributed by atoms with Gasteiger partial charge in [-0.25, -0.2) is 4.79 Å². The first-order valence-corrected chi connectivity index (χ1v) is 6.69. The molecule has 0 saturated carbocycles. The minimum Gasteiger partial charge on any atom is -0.465 e. The molecule has 0 aromatic carbocycles. The average molecular weight is 347 g/mol. The molecule has 0 unspecified atom stereocenters. The molecule has 0 fully saturated rings. The highest BCUT2D eigenvalue weighted by atomic mass is 79.9. The molecule has 0 bridgehead atoms. The Bertz CT molecular complexity index is 644. The van der Waals surface area contributed by atoms with Gasteiger partial charge < -0.3 is 4.74 Å². The van der Waals surface area contributed by atoms with Crippen LogP contribution in [0, 0.1) is 5.41 Å². The van der Waals surface area contributed by atoms with Crippen LogP contribution in [0.25, 0.3) is 0 Å². The Balaban J connectivity index is 3.02. The summed E-state index contributed by atoms with van der Waals surface area (Å²) < 4.78 is 5.97. The van der Waals surface area contributed by atoms with Crippen LogP contribution >= 0.6 is 15.9 Å². The highest BCUT2D eigenvalue weighted by Crippen LogP contribution is 2.19. The number of halogens is 1. The largest absolute Gasteiger partial charge is 0.465 e. The predicted octanol–water partition coefficient (Wildman–Crippen LogP) is 0.458. The van der Waals surface area contributed by atoms with Gasteiger partial charge in [-0.3, -0.25) is 23.9 Å². The zero-order valence-electron chi connectivity index (χ0n) is 11.4. The van der Waals surface area contributed by atoms with Crippen LogP contribution in [0.2, 0.25) is 0 Å². The maximum atomic E-state index is 12.1. The number of esters is 1. The summed E-state index contributed by atoms with van der Waals surface area (Å²) in [6.07, 6.45) is 1.21. The number of rotatable bonds is 5. The first-order valence-electron chi connectivity index (χ1n) is 5.90. The molecule has 1 aromatic rings.